The highest BCUT2D eigenvalue weighted by atomic mass is 15.2. The van der Waals surface area contributed by atoms with Crippen LogP contribution in [0.15, 0.2) is 24.3 Å². The molecule has 1 aliphatic rings. The van der Waals surface area contributed by atoms with Gasteiger partial charge in [-0.1, -0.05) is 30.4 Å². The van der Waals surface area contributed by atoms with Crippen molar-refractivity contribution in [1.82, 2.24) is 10.2 Å². The normalized spacial score (nSPS) is 17.8. The van der Waals surface area contributed by atoms with Crippen molar-refractivity contribution in [2.45, 2.75) is 13.8 Å². The predicted molar refractivity (Wildman–Crippen MR) is 74.3 cm³/mol. The predicted octanol–water partition coefficient (Wildman–Crippen LogP) is 2.22. The molecule has 17 heavy (non-hydrogen) atoms. The van der Waals surface area contributed by atoms with Crippen LogP contribution in [0.2, 0.25) is 0 Å². The average molecular weight is 230 g/mol. The zero-order chi connectivity index (χ0) is 12.1. The summed E-state index contributed by atoms with van der Waals surface area (Å²) in [6.07, 6.45) is 4.50. The molecule has 2 rings (SSSR count). The molecule has 1 aromatic rings. The van der Waals surface area contributed by atoms with Crippen molar-refractivity contribution in [3.8, 4) is 0 Å². The molecule has 1 aromatic carbocycles. The number of benzene rings is 1. The topological polar surface area (TPSA) is 15.3 Å². The Bertz CT molecular complexity index is 390. The van der Waals surface area contributed by atoms with Gasteiger partial charge in [-0.2, -0.15) is 0 Å². The number of rotatable bonds is 3. The van der Waals surface area contributed by atoms with Gasteiger partial charge in [0.05, 0.1) is 0 Å². The Balaban J connectivity index is 1.88. The van der Waals surface area contributed by atoms with E-state index < -0.39 is 0 Å². The zero-order valence-electron chi connectivity index (χ0n) is 10.9. The van der Waals surface area contributed by atoms with Crippen molar-refractivity contribution < 1.29 is 0 Å². The first kappa shape index (κ1) is 12.3. The van der Waals surface area contributed by atoms with E-state index in [1.54, 1.807) is 0 Å². The van der Waals surface area contributed by atoms with E-state index in [4.69, 9.17) is 0 Å². The number of piperazine rings is 1. The molecule has 92 valence electrons. The fourth-order valence-corrected chi connectivity index (χ4v) is 2.10. The lowest BCUT2D eigenvalue weighted by molar-refractivity contribution is 0.265. The Labute approximate surface area is 104 Å². The fourth-order valence-electron chi connectivity index (χ4n) is 2.10. The molecule has 1 fully saturated rings. The first-order valence-electron chi connectivity index (χ1n) is 6.42. The lowest BCUT2D eigenvalue weighted by atomic mass is 10.1. The minimum absolute atomic E-state index is 1.06. The molecule has 0 unspecified atom stereocenters. The van der Waals surface area contributed by atoms with E-state index in [0.29, 0.717) is 0 Å². The first-order chi connectivity index (χ1) is 8.25. The summed E-state index contributed by atoms with van der Waals surface area (Å²) in [5, 5.41) is 3.37. The summed E-state index contributed by atoms with van der Waals surface area (Å²) < 4.78 is 0. The highest BCUT2D eigenvalue weighted by Gasteiger charge is 2.06. The van der Waals surface area contributed by atoms with Crippen molar-refractivity contribution in [3.05, 3.63) is 41.0 Å². The molecule has 0 atom stereocenters. The summed E-state index contributed by atoms with van der Waals surface area (Å²) >= 11 is 0. The molecular formula is C15H22N2. The van der Waals surface area contributed by atoms with Crippen LogP contribution in [0.1, 0.15) is 16.7 Å². The minimum Gasteiger partial charge on any atom is -0.314 e. The van der Waals surface area contributed by atoms with E-state index in [0.717, 1.165) is 32.7 Å². The van der Waals surface area contributed by atoms with Gasteiger partial charge in [0, 0.05) is 32.7 Å². The van der Waals surface area contributed by atoms with Gasteiger partial charge in [0.1, 0.15) is 0 Å². The van der Waals surface area contributed by atoms with E-state index in [2.05, 4.69) is 54.4 Å². The van der Waals surface area contributed by atoms with Crippen LogP contribution in [0.4, 0.5) is 0 Å². The average Bonchev–Trinajstić information content (AvgIpc) is 2.35. The number of hydrogen-bond donors (Lipinski definition) is 1. The van der Waals surface area contributed by atoms with Gasteiger partial charge >= 0.3 is 0 Å². The molecule has 0 saturated carbocycles. The fraction of sp³-hybridized carbons (Fsp3) is 0.467. The van der Waals surface area contributed by atoms with E-state index in [1.807, 2.05) is 0 Å². The molecule has 1 aliphatic heterocycles. The smallest absolute Gasteiger partial charge is 0.0167 e. The van der Waals surface area contributed by atoms with Crippen molar-refractivity contribution >= 4 is 6.08 Å². The van der Waals surface area contributed by atoms with Crippen LogP contribution >= 0.6 is 0 Å². The molecule has 0 bridgehead atoms. The lowest BCUT2D eigenvalue weighted by Gasteiger charge is -2.25. The summed E-state index contributed by atoms with van der Waals surface area (Å²) in [4.78, 5) is 2.48. The second-order valence-corrected chi connectivity index (χ2v) is 4.80. The maximum atomic E-state index is 3.37. The van der Waals surface area contributed by atoms with Gasteiger partial charge in [-0.25, -0.2) is 0 Å². The quantitative estimate of drug-likeness (QED) is 0.856. The Kier molecular flexibility index (Phi) is 4.35. The van der Waals surface area contributed by atoms with Gasteiger partial charge in [0.15, 0.2) is 0 Å². The SMILES string of the molecule is Cc1ccc(/C=C/CN2CCNCC2)cc1C. The third kappa shape index (κ3) is 3.69. The van der Waals surface area contributed by atoms with Crippen LogP contribution in [-0.2, 0) is 0 Å². The second kappa shape index (κ2) is 5.99. The first-order valence-corrected chi connectivity index (χ1v) is 6.42. The monoisotopic (exact) mass is 230 g/mol. The zero-order valence-corrected chi connectivity index (χ0v) is 10.9. The van der Waals surface area contributed by atoms with Crippen LogP contribution in [0.3, 0.4) is 0 Å². The van der Waals surface area contributed by atoms with Gasteiger partial charge in [-0.3, -0.25) is 4.90 Å². The number of aryl methyl sites for hydroxylation is 2. The van der Waals surface area contributed by atoms with Gasteiger partial charge in [-0.15, -0.1) is 0 Å². The largest absolute Gasteiger partial charge is 0.314 e. The standard InChI is InChI=1S/C15H22N2/c1-13-5-6-15(12-14(13)2)4-3-9-17-10-7-16-8-11-17/h3-6,12,16H,7-11H2,1-2H3/b4-3+. The summed E-state index contributed by atoms with van der Waals surface area (Å²) in [5.41, 5.74) is 4.04. The lowest BCUT2D eigenvalue weighted by Crippen LogP contribution is -2.43. The van der Waals surface area contributed by atoms with Crippen molar-refractivity contribution in [1.29, 1.82) is 0 Å². The minimum atomic E-state index is 1.06. The molecule has 0 amide bonds. The molecule has 1 saturated heterocycles. The van der Waals surface area contributed by atoms with Crippen LogP contribution in [-0.4, -0.2) is 37.6 Å². The molecular weight excluding hydrogens is 208 g/mol. The van der Waals surface area contributed by atoms with Crippen LogP contribution in [0.5, 0.6) is 0 Å². The molecule has 0 aromatic heterocycles. The summed E-state index contributed by atoms with van der Waals surface area (Å²) in [7, 11) is 0. The van der Waals surface area contributed by atoms with Crippen LogP contribution in [0.25, 0.3) is 6.08 Å². The van der Waals surface area contributed by atoms with Crippen molar-refractivity contribution in [2.75, 3.05) is 32.7 Å². The van der Waals surface area contributed by atoms with Gasteiger partial charge in [-0.05, 0) is 30.5 Å². The maximum Gasteiger partial charge on any atom is 0.0167 e. The Morgan fingerprint density at radius 2 is 1.94 bits per heavy atom. The maximum absolute atomic E-state index is 3.37. The highest BCUT2D eigenvalue weighted by Crippen LogP contribution is 2.11. The summed E-state index contributed by atoms with van der Waals surface area (Å²) in [6.45, 7) is 9.96. The molecule has 0 aliphatic carbocycles. The van der Waals surface area contributed by atoms with Gasteiger partial charge in [0.2, 0.25) is 0 Å². The highest BCUT2D eigenvalue weighted by molar-refractivity contribution is 5.51. The van der Waals surface area contributed by atoms with E-state index in [1.165, 1.54) is 16.7 Å². The number of nitrogens with one attached hydrogen (secondary N) is 1. The number of hydrogen-bond acceptors (Lipinski definition) is 2. The molecule has 2 nitrogen and oxygen atoms in total. The van der Waals surface area contributed by atoms with E-state index in [9.17, 15) is 0 Å². The molecule has 0 spiro atoms. The Hall–Kier alpha value is -1.12. The molecule has 0 radical (unpaired) electrons. The summed E-state index contributed by atoms with van der Waals surface area (Å²) in [6, 6.07) is 6.64. The molecule has 1 heterocycles. The third-order valence-corrected chi connectivity index (χ3v) is 3.41. The molecule has 1 N–H and O–H groups in total. The Morgan fingerprint density at radius 3 is 2.65 bits per heavy atom. The van der Waals surface area contributed by atoms with E-state index >= 15 is 0 Å². The van der Waals surface area contributed by atoms with Gasteiger partial charge < -0.3 is 5.32 Å². The third-order valence-electron chi connectivity index (χ3n) is 3.41. The number of nitrogens with zero attached hydrogens (tertiary/aromatic N) is 1. The summed E-state index contributed by atoms with van der Waals surface area (Å²) in [5.74, 6) is 0. The van der Waals surface area contributed by atoms with Gasteiger partial charge in [0.25, 0.3) is 0 Å². The van der Waals surface area contributed by atoms with E-state index in [-0.39, 0.29) is 0 Å². The van der Waals surface area contributed by atoms with Crippen molar-refractivity contribution in [2.24, 2.45) is 0 Å². The Morgan fingerprint density at radius 1 is 1.18 bits per heavy atom. The van der Waals surface area contributed by atoms with Crippen molar-refractivity contribution in [3.63, 3.8) is 0 Å². The van der Waals surface area contributed by atoms with Crippen LogP contribution in [0, 0.1) is 13.8 Å². The second-order valence-electron chi connectivity index (χ2n) is 4.80. The molecule has 2 heteroatoms. The van der Waals surface area contributed by atoms with Crippen LogP contribution < -0.4 is 5.32 Å².